The third-order valence-electron chi connectivity index (χ3n) is 4.20. The number of halogens is 1. The van der Waals surface area contributed by atoms with Crippen molar-refractivity contribution in [2.45, 2.75) is 18.9 Å². The van der Waals surface area contributed by atoms with Crippen LogP contribution < -0.4 is 11.1 Å². The van der Waals surface area contributed by atoms with Crippen molar-refractivity contribution in [3.05, 3.63) is 23.9 Å². The highest BCUT2D eigenvalue weighted by molar-refractivity contribution is 6.00. The van der Waals surface area contributed by atoms with Crippen LogP contribution in [0.15, 0.2) is 23.9 Å². The lowest BCUT2D eigenvalue weighted by molar-refractivity contribution is -0.137. The molecule has 0 spiro atoms. The second kappa shape index (κ2) is 5.99. The lowest BCUT2D eigenvalue weighted by atomic mass is 9.83. The fourth-order valence-electron chi connectivity index (χ4n) is 3.05. The van der Waals surface area contributed by atoms with Crippen LogP contribution >= 0.6 is 12.4 Å². The summed E-state index contributed by atoms with van der Waals surface area (Å²) in [5.41, 5.74) is 6.52. The molecule has 1 aliphatic carbocycles. The summed E-state index contributed by atoms with van der Waals surface area (Å²) in [5.74, 6) is -0.799. The Morgan fingerprint density at radius 2 is 2.10 bits per heavy atom. The molecule has 0 bridgehead atoms. The van der Waals surface area contributed by atoms with Gasteiger partial charge in [0.25, 0.3) is 0 Å². The van der Waals surface area contributed by atoms with E-state index in [1.165, 1.54) is 0 Å². The number of amides is 2. The van der Waals surface area contributed by atoms with E-state index in [-0.39, 0.29) is 47.9 Å². The molecule has 2 amide bonds. The standard InChI is InChI=1S/C14H17N3O3.ClH/c15-5-8-1-2-9-6-17(7-10(9)13(8)19)11-3-4-12(18)16-14(11)20;/h1-2,6,8,10-11H,3-5,7,15H2,(H,16,18,20);1H. The summed E-state index contributed by atoms with van der Waals surface area (Å²) < 4.78 is 0. The molecule has 1 fully saturated rings. The van der Waals surface area contributed by atoms with Gasteiger partial charge in [-0.25, -0.2) is 0 Å². The molecule has 6 nitrogen and oxygen atoms in total. The molecule has 114 valence electrons. The van der Waals surface area contributed by atoms with Crippen molar-refractivity contribution in [1.82, 2.24) is 10.2 Å². The zero-order valence-corrected chi connectivity index (χ0v) is 12.3. The van der Waals surface area contributed by atoms with Crippen LogP contribution in [0.2, 0.25) is 0 Å². The van der Waals surface area contributed by atoms with Crippen LogP contribution in [-0.2, 0) is 14.4 Å². The number of carbonyl (C=O) groups excluding carboxylic acids is 3. The predicted octanol–water partition coefficient (Wildman–Crippen LogP) is -0.257. The maximum atomic E-state index is 12.2. The molecule has 0 aromatic carbocycles. The molecule has 7 heteroatoms. The summed E-state index contributed by atoms with van der Waals surface area (Å²) in [4.78, 5) is 37.2. The van der Waals surface area contributed by atoms with Crippen molar-refractivity contribution < 1.29 is 14.4 Å². The van der Waals surface area contributed by atoms with Gasteiger partial charge in [0.05, 0.1) is 5.92 Å². The predicted molar refractivity (Wildman–Crippen MR) is 78.4 cm³/mol. The van der Waals surface area contributed by atoms with E-state index in [1.807, 2.05) is 23.3 Å². The molecule has 1 saturated heterocycles. The van der Waals surface area contributed by atoms with Gasteiger partial charge in [0.1, 0.15) is 11.8 Å². The monoisotopic (exact) mass is 311 g/mol. The summed E-state index contributed by atoms with van der Waals surface area (Å²) >= 11 is 0. The summed E-state index contributed by atoms with van der Waals surface area (Å²) in [6.45, 7) is 0.818. The van der Waals surface area contributed by atoms with Crippen LogP contribution in [0.1, 0.15) is 12.8 Å². The van der Waals surface area contributed by atoms with Gasteiger partial charge in [-0.05, 0) is 12.0 Å². The summed E-state index contributed by atoms with van der Waals surface area (Å²) in [7, 11) is 0. The summed E-state index contributed by atoms with van der Waals surface area (Å²) in [5, 5.41) is 2.35. The third-order valence-corrected chi connectivity index (χ3v) is 4.20. The van der Waals surface area contributed by atoms with Crippen molar-refractivity contribution in [2.75, 3.05) is 13.1 Å². The van der Waals surface area contributed by atoms with Gasteiger partial charge in [0, 0.05) is 31.6 Å². The summed E-state index contributed by atoms with van der Waals surface area (Å²) in [6.07, 6.45) is 6.47. The first-order valence-corrected chi connectivity index (χ1v) is 6.83. The number of Topliss-reactive ketones (excluding diaryl/α,β-unsaturated/α-hetero) is 1. The second-order valence-corrected chi connectivity index (χ2v) is 5.45. The fraction of sp³-hybridized carbons (Fsp3) is 0.500. The highest BCUT2D eigenvalue weighted by atomic mass is 35.5. The van der Waals surface area contributed by atoms with Crippen molar-refractivity contribution in [3.63, 3.8) is 0 Å². The Balaban J connectivity index is 0.00000161. The van der Waals surface area contributed by atoms with Crippen LogP contribution in [0.4, 0.5) is 0 Å². The Morgan fingerprint density at radius 3 is 2.76 bits per heavy atom. The van der Waals surface area contributed by atoms with Gasteiger partial charge >= 0.3 is 0 Å². The van der Waals surface area contributed by atoms with Crippen LogP contribution in [0.3, 0.4) is 0 Å². The zero-order valence-electron chi connectivity index (χ0n) is 11.5. The van der Waals surface area contributed by atoms with E-state index in [0.29, 0.717) is 25.9 Å². The summed E-state index contributed by atoms with van der Waals surface area (Å²) in [6, 6.07) is -0.358. The second-order valence-electron chi connectivity index (χ2n) is 5.45. The number of carbonyl (C=O) groups is 3. The number of allylic oxidation sites excluding steroid dienone is 1. The van der Waals surface area contributed by atoms with E-state index < -0.39 is 0 Å². The molecule has 3 N–H and O–H groups in total. The van der Waals surface area contributed by atoms with Crippen LogP contribution in [-0.4, -0.2) is 41.6 Å². The number of ketones is 1. The van der Waals surface area contributed by atoms with Crippen molar-refractivity contribution in [2.24, 2.45) is 17.6 Å². The number of nitrogens with one attached hydrogen (secondary N) is 1. The highest BCUT2D eigenvalue weighted by Gasteiger charge is 2.40. The maximum Gasteiger partial charge on any atom is 0.249 e. The van der Waals surface area contributed by atoms with Crippen molar-refractivity contribution in [3.8, 4) is 0 Å². The van der Waals surface area contributed by atoms with Gasteiger partial charge in [-0.2, -0.15) is 0 Å². The SMILES string of the molecule is Cl.NCC1C=CC2=CN(C3CCC(=O)NC3=O)CC2C1=O. The van der Waals surface area contributed by atoms with E-state index in [2.05, 4.69) is 5.32 Å². The molecule has 3 rings (SSSR count). The first-order chi connectivity index (χ1) is 9.60. The Labute approximate surface area is 128 Å². The lowest BCUT2D eigenvalue weighted by Crippen LogP contribution is -2.51. The molecular formula is C14H18ClN3O3. The number of hydrogen-bond donors (Lipinski definition) is 2. The van der Waals surface area contributed by atoms with Gasteiger partial charge in [0.2, 0.25) is 11.8 Å². The minimum Gasteiger partial charge on any atom is -0.364 e. The third kappa shape index (κ3) is 2.73. The molecule has 3 unspecified atom stereocenters. The molecule has 0 aromatic rings. The molecular weight excluding hydrogens is 294 g/mol. The first-order valence-electron chi connectivity index (χ1n) is 6.83. The molecule has 0 radical (unpaired) electrons. The molecule has 2 aliphatic heterocycles. The number of imide groups is 1. The normalized spacial score (nSPS) is 31.5. The molecule has 2 heterocycles. The molecule has 21 heavy (non-hydrogen) atoms. The average Bonchev–Trinajstić information content (AvgIpc) is 2.84. The van der Waals surface area contributed by atoms with E-state index in [1.54, 1.807) is 0 Å². The minimum atomic E-state index is -0.358. The van der Waals surface area contributed by atoms with E-state index >= 15 is 0 Å². The zero-order chi connectivity index (χ0) is 14.3. The van der Waals surface area contributed by atoms with Crippen LogP contribution in [0, 0.1) is 11.8 Å². The highest BCUT2D eigenvalue weighted by Crippen LogP contribution is 2.32. The van der Waals surface area contributed by atoms with Crippen LogP contribution in [0.25, 0.3) is 0 Å². The topological polar surface area (TPSA) is 92.5 Å². The minimum absolute atomic E-state index is 0. The van der Waals surface area contributed by atoms with Gasteiger partial charge in [-0.1, -0.05) is 12.2 Å². The van der Waals surface area contributed by atoms with Gasteiger partial charge in [-0.15, -0.1) is 12.4 Å². The number of fused-ring (bicyclic) bond motifs is 1. The number of nitrogens with two attached hydrogens (primary N) is 1. The van der Waals surface area contributed by atoms with Gasteiger partial charge < -0.3 is 10.6 Å². The largest absolute Gasteiger partial charge is 0.364 e. The van der Waals surface area contributed by atoms with Gasteiger partial charge in [-0.3, -0.25) is 19.7 Å². The Kier molecular flexibility index (Phi) is 4.49. The van der Waals surface area contributed by atoms with Gasteiger partial charge in [0.15, 0.2) is 0 Å². The first kappa shape index (κ1) is 15.7. The number of nitrogens with zero attached hydrogens (tertiary/aromatic N) is 1. The van der Waals surface area contributed by atoms with E-state index in [9.17, 15) is 14.4 Å². The quantitative estimate of drug-likeness (QED) is 0.686. The average molecular weight is 312 g/mol. The van der Waals surface area contributed by atoms with Crippen LogP contribution in [0.5, 0.6) is 0 Å². The smallest absolute Gasteiger partial charge is 0.249 e. The van der Waals surface area contributed by atoms with E-state index in [0.717, 1.165) is 5.57 Å². The molecule has 3 aliphatic rings. The van der Waals surface area contributed by atoms with Crippen molar-refractivity contribution >= 4 is 30.0 Å². The molecule has 0 aromatic heterocycles. The molecule has 0 saturated carbocycles. The Bertz CT molecular complexity index is 544. The van der Waals surface area contributed by atoms with Crippen molar-refractivity contribution in [1.29, 1.82) is 0 Å². The Morgan fingerprint density at radius 1 is 1.33 bits per heavy atom. The maximum absolute atomic E-state index is 12.2. The lowest BCUT2D eigenvalue weighted by Gasteiger charge is -2.30. The van der Waals surface area contributed by atoms with E-state index in [4.69, 9.17) is 5.73 Å². The number of hydrogen-bond acceptors (Lipinski definition) is 5. The number of rotatable bonds is 2. The fourth-order valence-corrected chi connectivity index (χ4v) is 3.05. The molecule has 3 atom stereocenters. The Hall–Kier alpha value is -1.66. The number of piperidine rings is 1.